The zero-order chi connectivity index (χ0) is 22.7. The number of aromatic amines is 1. The number of benzene rings is 1. The fourth-order valence-corrected chi connectivity index (χ4v) is 3.98. The molecule has 1 atom stereocenters. The van der Waals surface area contributed by atoms with Crippen molar-refractivity contribution in [2.24, 2.45) is 0 Å². The number of methoxy groups -OCH3 is 1. The molecule has 2 aromatic heterocycles. The monoisotopic (exact) mass is 437 g/mol. The van der Waals surface area contributed by atoms with E-state index in [4.69, 9.17) is 9.47 Å². The summed E-state index contributed by atoms with van der Waals surface area (Å²) in [6, 6.07) is 9.05. The number of carbonyl (C=O) groups is 1. The summed E-state index contributed by atoms with van der Waals surface area (Å²) in [5, 5.41) is 9.86. The van der Waals surface area contributed by atoms with Gasteiger partial charge >= 0.3 is 0 Å². The van der Waals surface area contributed by atoms with Gasteiger partial charge < -0.3 is 19.4 Å². The number of aromatic nitrogens is 4. The summed E-state index contributed by atoms with van der Waals surface area (Å²) in [4.78, 5) is 30.7. The quantitative estimate of drug-likeness (QED) is 0.588. The molecule has 0 spiro atoms. The second kappa shape index (κ2) is 9.46. The van der Waals surface area contributed by atoms with Crippen molar-refractivity contribution in [1.29, 1.82) is 0 Å². The van der Waals surface area contributed by atoms with Crippen LogP contribution in [-0.4, -0.2) is 45.5 Å². The van der Waals surface area contributed by atoms with Gasteiger partial charge in [0.1, 0.15) is 12.2 Å². The average Bonchev–Trinajstić information content (AvgIpc) is 3.43. The number of pyridine rings is 1. The van der Waals surface area contributed by atoms with Crippen LogP contribution in [0.5, 0.6) is 0 Å². The molecular formula is C23H27N5O4. The van der Waals surface area contributed by atoms with E-state index in [0.29, 0.717) is 42.7 Å². The van der Waals surface area contributed by atoms with Gasteiger partial charge in [0.05, 0.1) is 12.6 Å². The Morgan fingerprint density at radius 2 is 2.19 bits per heavy atom. The lowest BCUT2D eigenvalue weighted by Gasteiger charge is -2.17. The predicted molar refractivity (Wildman–Crippen MR) is 120 cm³/mol. The fourth-order valence-electron chi connectivity index (χ4n) is 3.98. The highest BCUT2D eigenvalue weighted by Crippen LogP contribution is 2.21. The molecule has 0 saturated carbocycles. The minimum Gasteiger partial charge on any atom is -0.377 e. The molecule has 3 aromatic rings. The van der Waals surface area contributed by atoms with Gasteiger partial charge in [-0.05, 0) is 50.5 Å². The molecule has 0 radical (unpaired) electrons. The van der Waals surface area contributed by atoms with Crippen LogP contribution in [0, 0.1) is 13.8 Å². The molecular weight excluding hydrogens is 410 g/mol. The Balaban J connectivity index is 1.58. The summed E-state index contributed by atoms with van der Waals surface area (Å²) in [6.07, 6.45) is 1.92. The van der Waals surface area contributed by atoms with Gasteiger partial charge in [-0.2, -0.15) is 5.10 Å². The standard InChI is InChI=1S/C23H27N5O4/c1-14-10-15(2)28(12-18-8-5-9-32-18)23(30)20(14)22(29)24-17-7-4-6-16(11-17)21-25-19(13-31-3)26-27-21/h4,6-7,10-11,18H,5,8-9,12-13H2,1-3H3,(H,24,29)(H,25,26,27). The largest absolute Gasteiger partial charge is 0.377 e. The normalized spacial score (nSPS) is 15.8. The summed E-state index contributed by atoms with van der Waals surface area (Å²) in [6.45, 7) is 5.15. The number of anilines is 1. The summed E-state index contributed by atoms with van der Waals surface area (Å²) < 4.78 is 12.4. The zero-order valence-corrected chi connectivity index (χ0v) is 18.5. The minimum absolute atomic E-state index is 0.00560. The first-order chi connectivity index (χ1) is 15.5. The third-order valence-corrected chi connectivity index (χ3v) is 5.53. The molecule has 0 aliphatic carbocycles. The molecule has 1 aliphatic rings. The smallest absolute Gasteiger partial charge is 0.263 e. The molecule has 3 heterocycles. The molecule has 168 valence electrons. The number of nitrogens with zero attached hydrogens (tertiary/aromatic N) is 3. The van der Waals surface area contributed by atoms with Gasteiger partial charge in [-0.25, -0.2) is 4.98 Å². The molecule has 9 nitrogen and oxygen atoms in total. The third kappa shape index (κ3) is 4.63. The number of aryl methyl sites for hydroxylation is 2. The molecule has 32 heavy (non-hydrogen) atoms. The van der Waals surface area contributed by atoms with Crippen molar-refractivity contribution < 1.29 is 14.3 Å². The number of rotatable bonds is 7. The second-order valence-corrected chi connectivity index (χ2v) is 7.97. The first kappa shape index (κ1) is 21.9. The van der Waals surface area contributed by atoms with Crippen LogP contribution >= 0.6 is 0 Å². The van der Waals surface area contributed by atoms with Crippen molar-refractivity contribution in [1.82, 2.24) is 19.7 Å². The van der Waals surface area contributed by atoms with Crippen molar-refractivity contribution >= 4 is 11.6 Å². The minimum atomic E-state index is -0.444. The van der Waals surface area contributed by atoms with Crippen molar-refractivity contribution in [3.8, 4) is 11.4 Å². The van der Waals surface area contributed by atoms with Gasteiger partial charge in [0.15, 0.2) is 11.6 Å². The number of nitrogens with one attached hydrogen (secondary N) is 2. The highest BCUT2D eigenvalue weighted by molar-refractivity contribution is 6.05. The van der Waals surface area contributed by atoms with E-state index < -0.39 is 5.91 Å². The van der Waals surface area contributed by atoms with E-state index in [1.807, 2.05) is 19.1 Å². The summed E-state index contributed by atoms with van der Waals surface area (Å²) in [7, 11) is 1.58. The zero-order valence-electron chi connectivity index (χ0n) is 18.5. The Morgan fingerprint density at radius 3 is 2.94 bits per heavy atom. The van der Waals surface area contributed by atoms with Crippen molar-refractivity contribution in [2.75, 3.05) is 19.0 Å². The SMILES string of the molecule is COCc1nc(-c2cccc(NC(=O)c3c(C)cc(C)n(CC4CCCO4)c3=O)c2)n[nH]1. The summed E-state index contributed by atoms with van der Waals surface area (Å²) in [5.74, 6) is 0.665. The van der Waals surface area contributed by atoms with Crippen molar-refractivity contribution in [3.63, 3.8) is 0 Å². The number of hydrogen-bond acceptors (Lipinski definition) is 6. The van der Waals surface area contributed by atoms with Gasteiger partial charge in [-0.15, -0.1) is 0 Å². The summed E-state index contributed by atoms with van der Waals surface area (Å²) in [5.41, 5.74) is 2.58. The van der Waals surface area contributed by atoms with Gasteiger partial charge in [0.2, 0.25) is 0 Å². The lowest BCUT2D eigenvalue weighted by Crippen LogP contribution is -2.34. The molecule has 1 unspecified atom stereocenters. The first-order valence-corrected chi connectivity index (χ1v) is 10.6. The number of H-pyrrole nitrogens is 1. The topological polar surface area (TPSA) is 111 Å². The Morgan fingerprint density at radius 1 is 1.34 bits per heavy atom. The Bertz CT molecular complexity index is 1180. The Labute approximate surface area is 185 Å². The molecule has 9 heteroatoms. The van der Waals surface area contributed by atoms with Crippen LogP contribution in [0.3, 0.4) is 0 Å². The number of carbonyl (C=O) groups excluding carboxylic acids is 1. The molecule has 1 aromatic carbocycles. The van der Waals surface area contributed by atoms with Crippen molar-refractivity contribution in [2.45, 2.75) is 45.9 Å². The van der Waals surface area contributed by atoms with Crippen LogP contribution in [0.25, 0.3) is 11.4 Å². The van der Waals surface area contributed by atoms with Crippen LogP contribution in [0.15, 0.2) is 35.1 Å². The molecule has 1 amide bonds. The lowest BCUT2D eigenvalue weighted by molar-refractivity contribution is 0.0947. The van der Waals surface area contributed by atoms with Gasteiger partial charge in [-0.1, -0.05) is 12.1 Å². The highest BCUT2D eigenvalue weighted by Gasteiger charge is 2.22. The van der Waals surface area contributed by atoms with E-state index in [0.717, 1.165) is 24.1 Å². The molecule has 1 fully saturated rings. The maximum Gasteiger partial charge on any atom is 0.263 e. The predicted octanol–water partition coefficient (Wildman–Crippen LogP) is 2.83. The first-order valence-electron chi connectivity index (χ1n) is 10.6. The van der Waals surface area contributed by atoms with E-state index >= 15 is 0 Å². The van der Waals surface area contributed by atoms with Gasteiger partial charge in [-0.3, -0.25) is 14.7 Å². The van der Waals surface area contributed by atoms with E-state index in [1.165, 1.54) is 0 Å². The van der Waals surface area contributed by atoms with Gasteiger partial charge in [0, 0.05) is 30.7 Å². The number of ether oxygens (including phenoxy) is 2. The molecule has 1 saturated heterocycles. The maximum absolute atomic E-state index is 13.2. The number of hydrogen-bond donors (Lipinski definition) is 2. The maximum atomic E-state index is 13.2. The molecule has 4 rings (SSSR count). The van der Waals surface area contributed by atoms with Crippen molar-refractivity contribution in [3.05, 3.63) is 63.3 Å². The molecule has 1 aliphatic heterocycles. The van der Waals surface area contributed by atoms with Crippen LogP contribution in [0.4, 0.5) is 5.69 Å². The van der Waals surface area contributed by atoms with Crippen LogP contribution in [0.1, 0.15) is 40.3 Å². The van der Waals surface area contributed by atoms with E-state index in [9.17, 15) is 9.59 Å². The Hall–Kier alpha value is -3.30. The number of amides is 1. The highest BCUT2D eigenvalue weighted by atomic mass is 16.5. The van der Waals surface area contributed by atoms with E-state index in [2.05, 4.69) is 20.5 Å². The van der Waals surface area contributed by atoms with Gasteiger partial charge in [0.25, 0.3) is 11.5 Å². The fraction of sp³-hybridized carbons (Fsp3) is 0.391. The van der Waals surface area contributed by atoms with E-state index in [1.54, 1.807) is 36.8 Å². The third-order valence-electron chi connectivity index (χ3n) is 5.53. The van der Waals surface area contributed by atoms with Crippen LogP contribution in [-0.2, 0) is 22.6 Å². The van der Waals surface area contributed by atoms with Crippen LogP contribution < -0.4 is 10.9 Å². The Kier molecular flexibility index (Phi) is 6.48. The average molecular weight is 438 g/mol. The van der Waals surface area contributed by atoms with Crippen LogP contribution in [0.2, 0.25) is 0 Å². The molecule has 2 N–H and O–H groups in total. The van der Waals surface area contributed by atoms with E-state index in [-0.39, 0.29) is 17.2 Å². The summed E-state index contributed by atoms with van der Waals surface area (Å²) >= 11 is 0. The lowest BCUT2D eigenvalue weighted by atomic mass is 10.1. The second-order valence-electron chi connectivity index (χ2n) is 7.97. The molecule has 0 bridgehead atoms.